The first kappa shape index (κ1) is 11.4. The number of carboxylic acid groups (broad SMARTS) is 1. The number of aromatic nitrogens is 2. The van der Waals surface area contributed by atoms with Crippen LogP contribution in [0.2, 0.25) is 0 Å². The highest BCUT2D eigenvalue weighted by molar-refractivity contribution is 5.76. The summed E-state index contributed by atoms with van der Waals surface area (Å²) >= 11 is 0. The number of hydrogen-bond acceptors (Lipinski definition) is 4. The zero-order valence-electron chi connectivity index (χ0n) is 8.84. The largest absolute Gasteiger partial charge is 0.480 e. The topological polar surface area (TPSA) is 75.1 Å². The van der Waals surface area contributed by atoms with Gasteiger partial charge in [0.25, 0.3) is 0 Å². The molecule has 1 rings (SSSR count). The fraction of sp³-hybridized carbons (Fsp3) is 0.500. The van der Waals surface area contributed by atoms with Gasteiger partial charge in [0.2, 0.25) is 0 Å². The minimum atomic E-state index is -0.859. The number of rotatable bonds is 5. The Balaban J connectivity index is 2.63. The summed E-state index contributed by atoms with van der Waals surface area (Å²) in [5, 5.41) is 11.8. The maximum atomic E-state index is 10.9. The van der Waals surface area contributed by atoms with E-state index in [-0.39, 0.29) is 0 Å². The van der Waals surface area contributed by atoms with Crippen molar-refractivity contribution >= 4 is 11.8 Å². The summed E-state index contributed by atoms with van der Waals surface area (Å²) in [5.74, 6) is 0.000740. The predicted molar refractivity (Wildman–Crippen MR) is 56.5 cm³/mol. The zero-order valence-corrected chi connectivity index (χ0v) is 8.84. The van der Waals surface area contributed by atoms with E-state index in [1.54, 1.807) is 12.3 Å². The number of carboxylic acids is 1. The molecule has 1 aromatic rings. The summed E-state index contributed by atoms with van der Waals surface area (Å²) < 4.78 is 0. The Morgan fingerprint density at radius 2 is 2.33 bits per heavy atom. The van der Waals surface area contributed by atoms with Gasteiger partial charge in [-0.3, -0.25) is 0 Å². The molecule has 0 spiro atoms. The van der Waals surface area contributed by atoms with Crippen LogP contribution in [0.4, 0.5) is 5.82 Å². The molecular weight excluding hydrogens is 194 g/mol. The molecule has 0 aromatic carbocycles. The average Bonchev–Trinajstić information content (AvgIpc) is 2.17. The predicted octanol–water partition coefficient (Wildman–Crippen LogP) is 1.39. The molecule has 15 heavy (non-hydrogen) atoms. The molecule has 0 bridgehead atoms. The quantitative estimate of drug-likeness (QED) is 0.766. The lowest BCUT2D eigenvalue weighted by Gasteiger charge is -2.16. The minimum Gasteiger partial charge on any atom is -0.480 e. The molecular formula is C10H15N3O2. The Morgan fingerprint density at radius 3 is 2.80 bits per heavy atom. The Morgan fingerprint density at radius 1 is 1.60 bits per heavy atom. The van der Waals surface area contributed by atoms with Crippen LogP contribution in [0, 0.1) is 5.92 Å². The maximum Gasteiger partial charge on any atom is 0.326 e. The molecule has 0 fully saturated rings. The lowest BCUT2D eigenvalue weighted by molar-refractivity contribution is -0.138. The van der Waals surface area contributed by atoms with Gasteiger partial charge in [0, 0.05) is 6.20 Å². The first-order valence-corrected chi connectivity index (χ1v) is 4.85. The highest BCUT2D eigenvalue weighted by atomic mass is 16.4. The second-order valence-electron chi connectivity index (χ2n) is 3.76. The van der Waals surface area contributed by atoms with Crippen molar-refractivity contribution in [2.45, 2.75) is 26.3 Å². The van der Waals surface area contributed by atoms with Crippen molar-refractivity contribution in [3.8, 4) is 0 Å². The van der Waals surface area contributed by atoms with Crippen LogP contribution < -0.4 is 5.32 Å². The number of aliphatic carboxylic acids is 1. The van der Waals surface area contributed by atoms with Crippen molar-refractivity contribution < 1.29 is 9.90 Å². The van der Waals surface area contributed by atoms with E-state index in [1.807, 2.05) is 13.8 Å². The van der Waals surface area contributed by atoms with E-state index in [1.165, 1.54) is 6.33 Å². The summed E-state index contributed by atoms with van der Waals surface area (Å²) in [6.45, 7) is 3.97. The lowest BCUT2D eigenvalue weighted by Crippen LogP contribution is -2.31. The third-order valence-corrected chi connectivity index (χ3v) is 1.91. The Kier molecular flexibility index (Phi) is 4.03. The Hall–Kier alpha value is -1.65. The number of nitrogens with zero attached hydrogens (tertiary/aromatic N) is 2. The van der Waals surface area contributed by atoms with E-state index in [2.05, 4.69) is 15.3 Å². The first-order chi connectivity index (χ1) is 7.09. The molecule has 0 saturated carbocycles. The van der Waals surface area contributed by atoms with E-state index in [4.69, 9.17) is 5.11 Å². The van der Waals surface area contributed by atoms with Crippen LogP contribution in [0.1, 0.15) is 20.3 Å². The Bertz CT molecular complexity index is 314. The summed E-state index contributed by atoms with van der Waals surface area (Å²) in [5.41, 5.74) is 0. The smallest absolute Gasteiger partial charge is 0.326 e. The van der Waals surface area contributed by atoms with Gasteiger partial charge in [-0.2, -0.15) is 0 Å². The van der Waals surface area contributed by atoms with E-state index >= 15 is 0 Å². The van der Waals surface area contributed by atoms with E-state index in [0.717, 1.165) is 0 Å². The molecule has 0 aliphatic carbocycles. The van der Waals surface area contributed by atoms with Crippen molar-refractivity contribution in [3.05, 3.63) is 18.6 Å². The van der Waals surface area contributed by atoms with Crippen LogP contribution in [0.3, 0.4) is 0 Å². The van der Waals surface area contributed by atoms with Crippen LogP contribution in [0.15, 0.2) is 18.6 Å². The average molecular weight is 209 g/mol. The van der Waals surface area contributed by atoms with Gasteiger partial charge in [-0.25, -0.2) is 14.8 Å². The highest BCUT2D eigenvalue weighted by Gasteiger charge is 2.18. The van der Waals surface area contributed by atoms with Crippen molar-refractivity contribution in [2.24, 2.45) is 5.92 Å². The third-order valence-electron chi connectivity index (χ3n) is 1.91. The van der Waals surface area contributed by atoms with Gasteiger partial charge in [-0.15, -0.1) is 0 Å². The molecule has 2 N–H and O–H groups in total. The normalized spacial score (nSPS) is 12.5. The molecule has 0 aliphatic heterocycles. The molecule has 82 valence electrons. The molecule has 1 aromatic heterocycles. The van der Waals surface area contributed by atoms with Crippen LogP contribution in [-0.2, 0) is 4.79 Å². The molecule has 0 aliphatic rings. The first-order valence-electron chi connectivity index (χ1n) is 4.85. The van der Waals surface area contributed by atoms with Crippen molar-refractivity contribution in [1.29, 1.82) is 0 Å². The highest BCUT2D eigenvalue weighted by Crippen LogP contribution is 2.10. The van der Waals surface area contributed by atoms with E-state index in [0.29, 0.717) is 18.2 Å². The van der Waals surface area contributed by atoms with Crippen LogP contribution in [0.5, 0.6) is 0 Å². The molecule has 0 radical (unpaired) electrons. The van der Waals surface area contributed by atoms with Crippen molar-refractivity contribution in [2.75, 3.05) is 5.32 Å². The van der Waals surface area contributed by atoms with Crippen LogP contribution in [0.25, 0.3) is 0 Å². The van der Waals surface area contributed by atoms with Crippen molar-refractivity contribution in [3.63, 3.8) is 0 Å². The van der Waals surface area contributed by atoms with Gasteiger partial charge in [-0.05, 0) is 18.4 Å². The van der Waals surface area contributed by atoms with Crippen LogP contribution in [-0.4, -0.2) is 27.1 Å². The van der Waals surface area contributed by atoms with Gasteiger partial charge in [0.05, 0.1) is 0 Å². The van der Waals surface area contributed by atoms with Gasteiger partial charge in [-0.1, -0.05) is 13.8 Å². The van der Waals surface area contributed by atoms with Gasteiger partial charge in [0.15, 0.2) is 0 Å². The monoisotopic (exact) mass is 209 g/mol. The van der Waals surface area contributed by atoms with E-state index in [9.17, 15) is 4.79 Å². The number of anilines is 1. The maximum absolute atomic E-state index is 10.9. The van der Waals surface area contributed by atoms with Crippen molar-refractivity contribution in [1.82, 2.24) is 9.97 Å². The second-order valence-corrected chi connectivity index (χ2v) is 3.76. The third kappa shape index (κ3) is 3.93. The fourth-order valence-corrected chi connectivity index (χ4v) is 1.25. The minimum absolute atomic E-state index is 0.320. The summed E-state index contributed by atoms with van der Waals surface area (Å²) in [7, 11) is 0. The van der Waals surface area contributed by atoms with Gasteiger partial charge >= 0.3 is 5.97 Å². The molecule has 0 saturated heterocycles. The molecule has 1 atom stereocenters. The van der Waals surface area contributed by atoms with Gasteiger partial charge in [0.1, 0.15) is 18.2 Å². The molecule has 5 heteroatoms. The Labute approximate surface area is 88.6 Å². The molecule has 5 nitrogen and oxygen atoms in total. The second kappa shape index (κ2) is 5.29. The SMILES string of the molecule is CC(C)CC(Nc1ccncn1)C(=O)O. The fourth-order valence-electron chi connectivity index (χ4n) is 1.25. The standard InChI is InChI=1S/C10H15N3O2/c1-7(2)5-8(10(14)15)13-9-3-4-11-6-12-9/h3-4,6-8H,5H2,1-2H3,(H,14,15)(H,11,12,13). The lowest BCUT2D eigenvalue weighted by atomic mass is 10.0. The molecule has 0 amide bonds. The van der Waals surface area contributed by atoms with Gasteiger partial charge < -0.3 is 10.4 Å². The summed E-state index contributed by atoms with van der Waals surface area (Å²) in [4.78, 5) is 18.6. The zero-order chi connectivity index (χ0) is 11.3. The van der Waals surface area contributed by atoms with E-state index < -0.39 is 12.0 Å². The van der Waals surface area contributed by atoms with Crippen LogP contribution >= 0.6 is 0 Å². The summed E-state index contributed by atoms with van der Waals surface area (Å²) in [6, 6.07) is 1.05. The number of carbonyl (C=O) groups is 1. The summed E-state index contributed by atoms with van der Waals surface area (Å²) in [6.07, 6.45) is 3.53. The number of hydrogen-bond donors (Lipinski definition) is 2. The molecule has 1 unspecified atom stereocenters. The molecule has 1 heterocycles. The number of nitrogens with one attached hydrogen (secondary N) is 1.